The molecule has 0 aliphatic rings. The number of amides is 2. The van der Waals surface area contributed by atoms with Gasteiger partial charge in [-0.15, -0.1) is 0 Å². The smallest absolute Gasteiger partial charge is 0.258 e. The number of H-pyrrole nitrogens is 1. The van der Waals surface area contributed by atoms with Crippen molar-refractivity contribution in [2.45, 2.75) is 25.3 Å². The summed E-state index contributed by atoms with van der Waals surface area (Å²) in [5, 5.41) is 7.06. The molecule has 0 fully saturated rings. The summed E-state index contributed by atoms with van der Waals surface area (Å²) in [6.45, 7) is 0.128. The monoisotopic (exact) mass is 486 g/mol. The topological polar surface area (TPSA) is 105 Å². The van der Waals surface area contributed by atoms with Crippen molar-refractivity contribution in [1.82, 2.24) is 20.6 Å². The molecule has 8 heteroatoms. The van der Waals surface area contributed by atoms with Gasteiger partial charge in [0.2, 0.25) is 11.8 Å². The molecule has 4 aromatic rings. The van der Waals surface area contributed by atoms with Gasteiger partial charge in [-0.25, -0.2) is 4.98 Å². The van der Waals surface area contributed by atoms with Gasteiger partial charge < -0.3 is 25.1 Å². The molecule has 4 rings (SSSR count). The predicted octanol–water partition coefficient (Wildman–Crippen LogP) is 3.43. The fourth-order valence-corrected chi connectivity index (χ4v) is 4.06. The van der Waals surface area contributed by atoms with Crippen LogP contribution in [0.5, 0.6) is 11.6 Å². The standard InChI is InChI=1S/C28H30N4O4/c1-35-25-11-5-2-8-20(25)13-14-26(33)31-18-22(16-21-17-30-24-10-4-3-9-23(21)24)32-27(34)19-36-28-12-6-7-15-29-28/h2-12,15,17,22,30H,13-14,16,18-19H2,1H3,(H,31,33)(H,32,34). The molecule has 2 heterocycles. The molecule has 2 amide bonds. The number of carbonyl (C=O) groups excluding carboxylic acids is 2. The van der Waals surface area contributed by atoms with Crippen LogP contribution in [0.4, 0.5) is 0 Å². The number of ether oxygens (including phenoxy) is 2. The first-order valence-corrected chi connectivity index (χ1v) is 11.9. The van der Waals surface area contributed by atoms with E-state index in [2.05, 4.69) is 20.6 Å². The molecule has 36 heavy (non-hydrogen) atoms. The number of carbonyl (C=O) groups is 2. The maximum atomic E-state index is 12.6. The van der Waals surface area contributed by atoms with Gasteiger partial charge in [-0.05, 0) is 42.2 Å². The van der Waals surface area contributed by atoms with Gasteiger partial charge in [0.05, 0.1) is 13.2 Å². The number of benzene rings is 2. The number of aromatic amines is 1. The highest BCUT2D eigenvalue weighted by Crippen LogP contribution is 2.20. The number of rotatable bonds is 12. The largest absolute Gasteiger partial charge is 0.496 e. The van der Waals surface area contributed by atoms with E-state index in [4.69, 9.17) is 9.47 Å². The highest BCUT2D eigenvalue weighted by Gasteiger charge is 2.17. The lowest BCUT2D eigenvalue weighted by Crippen LogP contribution is -2.46. The number of pyridine rings is 1. The van der Waals surface area contributed by atoms with E-state index in [1.165, 1.54) is 0 Å². The number of hydrogen-bond donors (Lipinski definition) is 3. The lowest BCUT2D eigenvalue weighted by atomic mass is 10.0. The summed E-state index contributed by atoms with van der Waals surface area (Å²) in [7, 11) is 1.62. The van der Waals surface area contributed by atoms with Crippen LogP contribution in [0.1, 0.15) is 17.5 Å². The maximum absolute atomic E-state index is 12.6. The van der Waals surface area contributed by atoms with Gasteiger partial charge in [-0.2, -0.15) is 0 Å². The van der Waals surface area contributed by atoms with Crippen molar-refractivity contribution in [3.8, 4) is 11.6 Å². The molecule has 0 saturated carbocycles. The minimum atomic E-state index is -0.320. The first-order valence-electron chi connectivity index (χ1n) is 11.9. The van der Waals surface area contributed by atoms with Crippen molar-refractivity contribution in [2.24, 2.45) is 0 Å². The lowest BCUT2D eigenvalue weighted by molar-refractivity contribution is -0.125. The second-order valence-corrected chi connectivity index (χ2v) is 8.40. The second-order valence-electron chi connectivity index (χ2n) is 8.40. The molecule has 8 nitrogen and oxygen atoms in total. The summed E-state index contributed by atoms with van der Waals surface area (Å²) in [5.74, 6) is 0.769. The van der Waals surface area contributed by atoms with Gasteiger partial charge >= 0.3 is 0 Å². The molecule has 2 aromatic carbocycles. The average Bonchev–Trinajstić information content (AvgIpc) is 3.32. The Morgan fingerprint density at radius 1 is 0.972 bits per heavy atom. The van der Waals surface area contributed by atoms with Gasteiger partial charge in [-0.1, -0.05) is 42.5 Å². The first kappa shape index (κ1) is 24.8. The van der Waals surface area contributed by atoms with Crippen LogP contribution in [0.25, 0.3) is 10.9 Å². The Bertz CT molecular complexity index is 1290. The molecule has 0 radical (unpaired) electrons. The second kappa shape index (κ2) is 12.4. The van der Waals surface area contributed by atoms with Crippen LogP contribution in [0.2, 0.25) is 0 Å². The average molecular weight is 487 g/mol. The SMILES string of the molecule is COc1ccccc1CCC(=O)NCC(Cc1c[nH]c2ccccc12)NC(=O)COc1ccccn1. The van der Waals surface area contributed by atoms with Crippen molar-refractivity contribution in [1.29, 1.82) is 0 Å². The zero-order valence-electron chi connectivity index (χ0n) is 20.2. The molecular weight excluding hydrogens is 456 g/mol. The number of aromatic nitrogens is 2. The Morgan fingerprint density at radius 2 is 1.78 bits per heavy atom. The lowest BCUT2D eigenvalue weighted by Gasteiger charge is -2.19. The van der Waals surface area contributed by atoms with Gasteiger partial charge in [0.25, 0.3) is 5.91 Å². The Hall–Kier alpha value is -4.33. The summed E-state index contributed by atoms with van der Waals surface area (Å²) in [5.41, 5.74) is 3.06. The number of methoxy groups -OCH3 is 1. The molecule has 186 valence electrons. The number of nitrogens with one attached hydrogen (secondary N) is 3. The molecule has 0 saturated heterocycles. The molecular formula is C28H30N4O4. The van der Waals surface area contributed by atoms with Crippen molar-refractivity contribution < 1.29 is 19.1 Å². The molecule has 1 unspecified atom stereocenters. The van der Waals surface area contributed by atoms with Crippen LogP contribution in [-0.4, -0.2) is 48.1 Å². The third kappa shape index (κ3) is 6.85. The number of hydrogen-bond acceptors (Lipinski definition) is 5. The predicted molar refractivity (Wildman–Crippen MR) is 138 cm³/mol. The van der Waals surface area contributed by atoms with Gasteiger partial charge in [0, 0.05) is 42.3 Å². The van der Waals surface area contributed by atoms with E-state index in [0.717, 1.165) is 27.8 Å². The van der Waals surface area contributed by atoms with E-state index >= 15 is 0 Å². The Morgan fingerprint density at radius 3 is 2.61 bits per heavy atom. The third-order valence-corrected chi connectivity index (χ3v) is 5.85. The van der Waals surface area contributed by atoms with E-state index in [1.807, 2.05) is 54.7 Å². The highest BCUT2D eigenvalue weighted by molar-refractivity contribution is 5.83. The maximum Gasteiger partial charge on any atom is 0.258 e. The molecule has 0 aliphatic heterocycles. The molecule has 0 spiro atoms. The summed E-state index contributed by atoms with van der Waals surface area (Å²) in [6.07, 6.45) is 4.97. The van der Waals surface area contributed by atoms with E-state index in [-0.39, 0.29) is 24.5 Å². The molecule has 0 bridgehead atoms. The minimum Gasteiger partial charge on any atom is -0.496 e. The summed E-state index contributed by atoms with van der Waals surface area (Å²) in [4.78, 5) is 32.6. The van der Waals surface area contributed by atoms with E-state index in [1.54, 1.807) is 31.5 Å². The van der Waals surface area contributed by atoms with Crippen molar-refractivity contribution in [3.05, 3.63) is 90.3 Å². The molecule has 3 N–H and O–H groups in total. The normalized spacial score (nSPS) is 11.6. The van der Waals surface area contributed by atoms with Crippen LogP contribution in [0.3, 0.4) is 0 Å². The number of aryl methyl sites for hydroxylation is 1. The van der Waals surface area contributed by atoms with E-state index in [0.29, 0.717) is 31.7 Å². The summed E-state index contributed by atoms with van der Waals surface area (Å²) in [6, 6.07) is 20.6. The Balaban J connectivity index is 1.36. The summed E-state index contributed by atoms with van der Waals surface area (Å²) >= 11 is 0. The zero-order chi connectivity index (χ0) is 25.2. The van der Waals surface area contributed by atoms with Crippen LogP contribution in [0, 0.1) is 0 Å². The Labute approximate surface area is 210 Å². The highest BCUT2D eigenvalue weighted by atomic mass is 16.5. The van der Waals surface area contributed by atoms with Crippen molar-refractivity contribution in [3.63, 3.8) is 0 Å². The van der Waals surface area contributed by atoms with Crippen molar-refractivity contribution >= 4 is 22.7 Å². The fraction of sp³-hybridized carbons (Fsp3) is 0.250. The number of para-hydroxylation sites is 2. The van der Waals surface area contributed by atoms with E-state index < -0.39 is 0 Å². The van der Waals surface area contributed by atoms with Crippen molar-refractivity contribution in [2.75, 3.05) is 20.3 Å². The van der Waals surface area contributed by atoms with Gasteiger partial charge in [0.15, 0.2) is 6.61 Å². The molecule has 2 aromatic heterocycles. The minimum absolute atomic E-state index is 0.0937. The quantitative estimate of drug-likeness (QED) is 0.285. The molecule has 0 aliphatic carbocycles. The van der Waals surface area contributed by atoms with Crippen LogP contribution >= 0.6 is 0 Å². The van der Waals surface area contributed by atoms with Crippen LogP contribution in [-0.2, 0) is 22.4 Å². The zero-order valence-corrected chi connectivity index (χ0v) is 20.2. The number of fused-ring (bicyclic) bond motifs is 1. The third-order valence-electron chi connectivity index (χ3n) is 5.85. The first-order chi connectivity index (χ1) is 17.6. The van der Waals surface area contributed by atoms with Gasteiger partial charge in [0.1, 0.15) is 5.75 Å². The van der Waals surface area contributed by atoms with Gasteiger partial charge in [-0.3, -0.25) is 9.59 Å². The fourth-order valence-electron chi connectivity index (χ4n) is 4.06. The summed E-state index contributed by atoms with van der Waals surface area (Å²) < 4.78 is 10.9. The molecule has 1 atom stereocenters. The number of nitrogens with zero attached hydrogens (tertiary/aromatic N) is 1. The van der Waals surface area contributed by atoms with Crippen LogP contribution < -0.4 is 20.1 Å². The van der Waals surface area contributed by atoms with E-state index in [9.17, 15) is 9.59 Å². The Kier molecular flexibility index (Phi) is 8.53. The van der Waals surface area contributed by atoms with Crippen LogP contribution in [0.15, 0.2) is 79.1 Å².